The third-order valence-electron chi connectivity index (χ3n) is 3.80. The number of ether oxygens (including phenoxy) is 2. The van der Waals surface area contributed by atoms with Gasteiger partial charge >= 0.3 is 17.9 Å². The van der Waals surface area contributed by atoms with Crippen LogP contribution in [0.15, 0.2) is 24.4 Å². The third kappa shape index (κ3) is 5.13. The van der Waals surface area contributed by atoms with Gasteiger partial charge in [-0.2, -0.15) is 0 Å². The van der Waals surface area contributed by atoms with E-state index in [9.17, 15) is 24.5 Å². The predicted octanol–water partition coefficient (Wildman–Crippen LogP) is 4.23. The van der Waals surface area contributed by atoms with Crippen LogP contribution in [0.5, 0.6) is 0 Å². The second-order valence-electron chi connectivity index (χ2n) is 8.71. The van der Waals surface area contributed by atoms with Crippen molar-refractivity contribution in [3.63, 3.8) is 0 Å². The molecule has 0 spiro atoms. The molecule has 0 unspecified atom stereocenters. The van der Waals surface area contributed by atoms with Crippen LogP contribution in [0.4, 0.5) is 15.3 Å². The molecule has 10 nitrogen and oxygen atoms in total. The maximum absolute atomic E-state index is 13.0. The van der Waals surface area contributed by atoms with Crippen LogP contribution in [-0.4, -0.2) is 55.9 Å². The number of benzene rings is 1. The Bertz CT molecular complexity index is 1030. The van der Waals surface area contributed by atoms with Gasteiger partial charge in [0.15, 0.2) is 0 Å². The van der Waals surface area contributed by atoms with E-state index < -0.39 is 29.3 Å². The Morgan fingerprint density at radius 3 is 2.10 bits per heavy atom. The number of nitrogens with zero attached hydrogens (tertiary/aromatic N) is 3. The fraction of sp³-hybridized carbons (Fsp3) is 0.450. The number of hydrogen-bond donors (Lipinski definition) is 1. The van der Waals surface area contributed by atoms with Gasteiger partial charge < -0.3 is 9.47 Å². The van der Waals surface area contributed by atoms with Crippen LogP contribution >= 0.6 is 0 Å². The zero-order valence-corrected chi connectivity index (χ0v) is 18.0. The molecule has 10 heteroatoms. The minimum atomic E-state index is -0.858. The molecule has 30 heavy (non-hydrogen) atoms. The summed E-state index contributed by atoms with van der Waals surface area (Å²) in [5.74, 6) is -0.715. The highest BCUT2D eigenvalue weighted by atomic mass is 16.6. The molecule has 0 aliphatic rings. The second kappa shape index (κ2) is 7.77. The molecule has 0 saturated heterocycles. The van der Waals surface area contributed by atoms with E-state index in [4.69, 9.17) is 9.47 Å². The van der Waals surface area contributed by atoms with Gasteiger partial charge in [0.2, 0.25) is 0 Å². The Kier molecular flexibility index (Phi) is 5.92. The van der Waals surface area contributed by atoms with Crippen LogP contribution in [0, 0.1) is 4.91 Å². The highest BCUT2D eigenvalue weighted by molar-refractivity contribution is 6.12. The lowest BCUT2D eigenvalue weighted by Gasteiger charge is -2.23. The lowest BCUT2D eigenvalue weighted by atomic mass is 10.1. The first-order chi connectivity index (χ1) is 13.6. The van der Waals surface area contributed by atoms with E-state index in [1.807, 2.05) is 0 Å². The average molecular weight is 420 g/mol. The summed E-state index contributed by atoms with van der Waals surface area (Å²) in [6, 6.07) is 3.90. The van der Waals surface area contributed by atoms with Crippen LogP contribution in [-0.2, 0) is 9.47 Å². The quantitative estimate of drug-likeness (QED) is 0.722. The van der Waals surface area contributed by atoms with Crippen LogP contribution in [0.2, 0.25) is 0 Å². The van der Waals surface area contributed by atoms with Crippen molar-refractivity contribution in [3.8, 4) is 0 Å². The smallest absolute Gasteiger partial charge is 0.419 e. The number of carbonyl (C=O) groups excluding carboxylic acids is 3. The van der Waals surface area contributed by atoms with Gasteiger partial charge in [0.05, 0.1) is 16.0 Å². The van der Waals surface area contributed by atoms with Crippen molar-refractivity contribution in [2.75, 3.05) is 7.05 Å². The highest BCUT2D eigenvalue weighted by Crippen LogP contribution is 2.28. The summed E-state index contributed by atoms with van der Waals surface area (Å²) < 4.78 is 11.6. The number of hydrogen-bond acceptors (Lipinski definition) is 6. The standard InChI is InChI=1S/C20H26N3O7/c1-19(2,3)29-17(25)21(7)16(24)14-11-22(18(26)30-20(4,5)6)15-10-12(23(27)28)8-9-13(14)15/h8-11H,1-7H3,(H,27,28)/q+1. The van der Waals surface area contributed by atoms with Crippen molar-refractivity contribution < 1.29 is 34.0 Å². The molecule has 0 fully saturated rings. The van der Waals surface area contributed by atoms with Gasteiger partial charge in [-0.3, -0.25) is 9.36 Å². The second-order valence-corrected chi connectivity index (χ2v) is 8.71. The van der Waals surface area contributed by atoms with Crippen LogP contribution in [0.3, 0.4) is 0 Å². The Hall–Kier alpha value is -3.43. The molecular weight excluding hydrogens is 394 g/mol. The van der Waals surface area contributed by atoms with Crippen molar-refractivity contribution in [2.24, 2.45) is 0 Å². The maximum atomic E-state index is 13.0. The lowest BCUT2D eigenvalue weighted by Crippen LogP contribution is -2.38. The van der Waals surface area contributed by atoms with Gasteiger partial charge in [0.25, 0.3) is 10.8 Å². The molecule has 0 atom stereocenters. The minimum absolute atomic E-state index is 0.0196. The van der Waals surface area contributed by atoms with Gasteiger partial charge in [0, 0.05) is 30.8 Å². The molecule has 1 N–H and O–H groups in total. The van der Waals surface area contributed by atoms with Gasteiger partial charge in [0.1, 0.15) is 11.2 Å². The first-order valence-electron chi connectivity index (χ1n) is 9.16. The van der Waals surface area contributed by atoms with Crippen LogP contribution in [0.25, 0.3) is 10.9 Å². The number of imide groups is 1. The maximum Gasteiger partial charge on any atom is 0.419 e. The van der Waals surface area contributed by atoms with E-state index in [0.717, 1.165) is 9.47 Å². The molecule has 2 aromatic rings. The van der Waals surface area contributed by atoms with Gasteiger partial charge in [-0.15, -0.1) is 0 Å². The number of fused-ring (bicyclic) bond motifs is 1. The van der Waals surface area contributed by atoms with E-state index >= 15 is 0 Å². The average Bonchev–Trinajstić information content (AvgIpc) is 2.96. The van der Waals surface area contributed by atoms with E-state index in [-0.39, 0.29) is 27.1 Å². The largest absolute Gasteiger partial charge is 0.443 e. The van der Waals surface area contributed by atoms with Crippen molar-refractivity contribution in [1.29, 1.82) is 0 Å². The highest BCUT2D eigenvalue weighted by Gasteiger charge is 2.30. The summed E-state index contributed by atoms with van der Waals surface area (Å²) in [6.07, 6.45) is -0.430. The third-order valence-corrected chi connectivity index (χ3v) is 3.80. The zero-order valence-electron chi connectivity index (χ0n) is 18.0. The van der Waals surface area contributed by atoms with Gasteiger partial charge in [-0.05, 0) is 47.6 Å². The molecule has 0 aliphatic carbocycles. The summed E-state index contributed by atoms with van der Waals surface area (Å²) in [6.45, 7) is 10.0. The molecule has 0 saturated carbocycles. The lowest BCUT2D eigenvalue weighted by molar-refractivity contribution is -0.729. The minimum Gasteiger partial charge on any atom is -0.443 e. The molecule has 162 valence electrons. The Labute approximate surface area is 173 Å². The Balaban J connectivity index is 2.57. The molecule has 2 amide bonds. The Morgan fingerprint density at radius 1 is 1.03 bits per heavy atom. The topological polar surface area (TPSA) is 118 Å². The zero-order chi connectivity index (χ0) is 23.0. The molecule has 1 heterocycles. The van der Waals surface area contributed by atoms with E-state index in [1.54, 1.807) is 41.5 Å². The summed E-state index contributed by atoms with van der Waals surface area (Å²) in [7, 11) is 1.26. The molecule has 2 rings (SSSR count). The summed E-state index contributed by atoms with van der Waals surface area (Å²) in [5, 5.41) is 9.48. The van der Waals surface area contributed by atoms with Gasteiger partial charge in [-0.1, -0.05) is 0 Å². The van der Waals surface area contributed by atoms with Gasteiger partial charge in [-0.25, -0.2) is 19.7 Å². The first kappa shape index (κ1) is 22.9. The fourth-order valence-corrected chi connectivity index (χ4v) is 2.56. The molecule has 1 aromatic heterocycles. The summed E-state index contributed by atoms with van der Waals surface area (Å²) in [5.41, 5.74) is -1.60. The SMILES string of the molecule is CN(C(=O)OC(C)(C)C)C(=O)c1cn(C(=O)OC(C)(C)C)c2cc([N+](=O)O)ccc12. The number of rotatable bonds is 2. The number of amides is 2. The van der Waals surface area contributed by atoms with E-state index in [1.165, 1.54) is 31.4 Å². The van der Waals surface area contributed by atoms with Crippen molar-refractivity contribution in [1.82, 2.24) is 9.47 Å². The van der Waals surface area contributed by atoms with E-state index in [2.05, 4.69) is 0 Å². The Morgan fingerprint density at radius 2 is 1.60 bits per heavy atom. The van der Waals surface area contributed by atoms with Crippen LogP contribution in [0.1, 0.15) is 51.9 Å². The van der Waals surface area contributed by atoms with Crippen molar-refractivity contribution >= 4 is 34.7 Å². The molecule has 0 bridgehead atoms. The van der Waals surface area contributed by atoms with Crippen LogP contribution < -0.4 is 0 Å². The normalized spacial score (nSPS) is 11.8. The molecule has 1 aromatic carbocycles. The first-order valence-corrected chi connectivity index (χ1v) is 9.16. The molecular formula is C20H26N3O7+. The number of aromatic nitrogens is 1. The molecule has 0 aliphatic heterocycles. The number of carbonyl (C=O) groups is 3. The fourth-order valence-electron chi connectivity index (χ4n) is 2.56. The summed E-state index contributed by atoms with van der Waals surface area (Å²) in [4.78, 5) is 49.6. The van der Waals surface area contributed by atoms with Crippen molar-refractivity contribution in [2.45, 2.75) is 52.7 Å². The monoisotopic (exact) mass is 420 g/mol. The summed E-state index contributed by atoms with van der Waals surface area (Å²) >= 11 is 0. The van der Waals surface area contributed by atoms with Crippen molar-refractivity contribution in [3.05, 3.63) is 34.9 Å². The predicted molar refractivity (Wildman–Crippen MR) is 107 cm³/mol. The van der Waals surface area contributed by atoms with E-state index in [0.29, 0.717) is 0 Å². The molecule has 0 radical (unpaired) electrons.